The van der Waals surface area contributed by atoms with E-state index in [2.05, 4.69) is 5.32 Å². The highest BCUT2D eigenvalue weighted by Gasteiger charge is 2.25. The molecule has 0 spiro atoms. The van der Waals surface area contributed by atoms with Crippen LogP contribution >= 0.6 is 11.6 Å². The summed E-state index contributed by atoms with van der Waals surface area (Å²) < 4.78 is 10.2. The van der Waals surface area contributed by atoms with Gasteiger partial charge in [0.2, 0.25) is 0 Å². The maximum Gasteiger partial charge on any atom is 0.339 e. The fourth-order valence-corrected chi connectivity index (χ4v) is 2.83. The van der Waals surface area contributed by atoms with Gasteiger partial charge in [0.1, 0.15) is 0 Å². The van der Waals surface area contributed by atoms with Gasteiger partial charge in [0.25, 0.3) is 0 Å². The number of benzene rings is 1. The van der Waals surface area contributed by atoms with Crippen LogP contribution < -0.4 is 5.32 Å². The van der Waals surface area contributed by atoms with Crippen molar-refractivity contribution in [3.8, 4) is 0 Å². The Kier molecular flexibility index (Phi) is 5.26. The van der Waals surface area contributed by atoms with E-state index in [0.29, 0.717) is 10.6 Å². The van der Waals surface area contributed by atoms with Crippen LogP contribution in [0.1, 0.15) is 36.0 Å². The molecule has 1 aromatic carbocycles. The van der Waals surface area contributed by atoms with Crippen LogP contribution in [-0.4, -0.2) is 32.3 Å². The molecule has 20 heavy (non-hydrogen) atoms. The van der Waals surface area contributed by atoms with Gasteiger partial charge in [0.15, 0.2) is 0 Å². The monoisotopic (exact) mass is 297 g/mol. The predicted molar refractivity (Wildman–Crippen MR) is 79.5 cm³/mol. The first kappa shape index (κ1) is 15.1. The number of carbonyl (C=O) groups is 1. The second-order valence-corrected chi connectivity index (χ2v) is 5.40. The fraction of sp³-hybridized carbons (Fsp3) is 0.533. The maximum absolute atomic E-state index is 11.6. The quantitative estimate of drug-likeness (QED) is 0.864. The van der Waals surface area contributed by atoms with E-state index in [0.717, 1.165) is 18.5 Å². The van der Waals surface area contributed by atoms with Crippen molar-refractivity contribution in [3.05, 3.63) is 28.8 Å². The van der Waals surface area contributed by atoms with E-state index in [1.54, 1.807) is 19.2 Å². The lowest BCUT2D eigenvalue weighted by molar-refractivity contribution is 0.0600. The Balaban J connectivity index is 2.14. The fourth-order valence-electron chi connectivity index (χ4n) is 2.64. The molecule has 2 unspecified atom stereocenters. The van der Waals surface area contributed by atoms with E-state index in [9.17, 15) is 4.79 Å². The standard InChI is InChI=1S/C15H20ClNO3/c1-19-14-6-4-3-5-13(14)17-10-7-8-12(16)11(9-10)15(18)20-2/h7-9,13-14,17H,3-6H2,1-2H3. The Morgan fingerprint density at radius 1 is 1.30 bits per heavy atom. The first-order valence-corrected chi connectivity index (χ1v) is 7.20. The molecule has 1 aromatic rings. The molecular formula is C15H20ClNO3. The molecule has 5 heteroatoms. The molecule has 2 atom stereocenters. The second-order valence-electron chi connectivity index (χ2n) is 5.00. The van der Waals surface area contributed by atoms with E-state index < -0.39 is 5.97 Å². The summed E-state index contributed by atoms with van der Waals surface area (Å²) in [6, 6.07) is 5.58. The molecule has 1 fully saturated rings. The third-order valence-electron chi connectivity index (χ3n) is 3.73. The summed E-state index contributed by atoms with van der Waals surface area (Å²) in [5.41, 5.74) is 1.24. The van der Waals surface area contributed by atoms with Gasteiger partial charge < -0.3 is 14.8 Å². The van der Waals surface area contributed by atoms with Crippen LogP contribution in [0.25, 0.3) is 0 Å². The van der Waals surface area contributed by atoms with Gasteiger partial charge in [-0.3, -0.25) is 0 Å². The summed E-state index contributed by atoms with van der Waals surface area (Å²) in [6.45, 7) is 0. The molecule has 2 rings (SSSR count). The minimum Gasteiger partial charge on any atom is -0.465 e. The minimum atomic E-state index is -0.425. The summed E-state index contributed by atoms with van der Waals surface area (Å²) in [6.07, 6.45) is 4.72. The molecule has 0 saturated heterocycles. The Morgan fingerprint density at radius 3 is 2.75 bits per heavy atom. The van der Waals surface area contributed by atoms with Gasteiger partial charge in [-0.2, -0.15) is 0 Å². The summed E-state index contributed by atoms with van der Waals surface area (Å²) in [7, 11) is 3.09. The zero-order chi connectivity index (χ0) is 14.5. The van der Waals surface area contributed by atoms with E-state index in [1.807, 2.05) is 6.07 Å². The van der Waals surface area contributed by atoms with Crippen molar-refractivity contribution < 1.29 is 14.3 Å². The lowest BCUT2D eigenvalue weighted by atomic mass is 9.92. The molecule has 1 aliphatic carbocycles. The van der Waals surface area contributed by atoms with Crippen molar-refractivity contribution in [2.45, 2.75) is 37.8 Å². The molecule has 0 heterocycles. The molecule has 4 nitrogen and oxygen atoms in total. The largest absolute Gasteiger partial charge is 0.465 e. The Hall–Kier alpha value is -1.26. The zero-order valence-electron chi connectivity index (χ0n) is 11.8. The van der Waals surface area contributed by atoms with Gasteiger partial charge in [-0.15, -0.1) is 0 Å². The predicted octanol–water partition coefficient (Wildman–Crippen LogP) is 3.50. The number of hydrogen-bond donors (Lipinski definition) is 1. The van der Waals surface area contributed by atoms with Crippen LogP contribution in [0.15, 0.2) is 18.2 Å². The number of esters is 1. The number of nitrogens with one attached hydrogen (secondary N) is 1. The van der Waals surface area contributed by atoms with Crippen LogP contribution in [-0.2, 0) is 9.47 Å². The van der Waals surface area contributed by atoms with Crippen molar-refractivity contribution in [2.24, 2.45) is 0 Å². The smallest absolute Gasteiger partial charge is 0.339 e. The summed E-state index contributed by atoms with van der Waals surface area (Å²) in [4.78, 5) is 11.6. The van der Waals surface area contributed by atoms with Gasteiger partial charge in [-0.05, 0) is 31.0 Å². The highest BCUT2D eigenvalue weighted by molar-refractivity contribution is 6.33. The van der Waals surface area contributed by atoms with E-state index in [4.69, 9.17) is 21.1 Å². The topological polar surface area (TPSA) is 47.6 Å². The molecule has 0 aromatic heterocycles. The number of methoxy groups -OCH3 is 2. The molecule has 1 N–H and O–H groups in total. The van der Waals surface area contributed by atoms with Crippen LogP contribution in [0.2, 0.25) is 5.02 Å². The van der Waals surface area contributed by atoms with Crippen molar-refractivity contribution in [3.63, 3.8) is 0 Å². The number of rotatable bonds is 4. The molecule has 1 saturated carbocycles. The van der Waals surface area contributed by atoms with Crippen LogP contribution in [0.4, 0.5) is 5.69 Å². The average Bonchev–Trinajstić information content (AvgIpc) is 2.49. The number of anilines is 1. The Labute approximate surface area is 124 Å². The van der Waals surface area contributed by atoms with Gasteiger partial charge in [-0.25, -0.2) is 4.79 Å². The lowest BCUT2D eigenvalue weighted by Crippen LogP contribution is -2.37. The van der Waals surface area contributed by atoms with E-state index in [1.165, 1.54) is 20.0 Å². The molecule has 1 aliphatic rings. The Bertz CT molecular complexity index is 478. The zero-order valence-corrected chi connectivity index (χ0v) is 12.6. The van der Waals surface area contributed by atoms with Crippen molar-refractivity contribution >= 4 is 23.3 Å². The second kappa shape index (κ2) is 6.95. The number of ether oxygens (including phenoxy) is 2. The normalized spacial score (nSPS) is 22.4. The lowest BCUT2D eigenvalue weighted by Gasteiger charge is -2.31. The van der Waals surface area contributed by atoms with Gasteiger partial charge in [0, 0.05) is 12.8 Å². The first-order chi connectivity index (χ1) is 9.65. The highest BCUT2D eigenvalue weighted by Crippen LogP contribution is 2.26. The molecular weight excluding hydrogens is 278 g/mol. The van der Waals surface area contributed by atoms with Crippen LogP contribution in [0.5, 0.6) is 0 Å². The molecule has 110 valence electrons. The van der Waals surface area contributed by atoms with Crippen molar-refractivity contribution in [1.29, 1.82) is 0 Å². The molecule has 0 radical (unpaired) electrons. The first-order valence-electron chi connectivity index (χ1n) is 6.83. The van der Waals surface area contributed by atoms with E-state index >= 15 is 0 Å². The molecule has 0 aliphatic heterocycles. The number of hydrogen-bond acceptors (Lipinski definition) is 4. The third kappa shape index (κ3) is 3.44. The van der Waals surface area contributed by atoms with E-state index in [-0.39, 0.29) is 12.1 Å². The SMILES string of the molecule is COC(=O)c1cc(NC2CCCCC2OC)ccc1Cl. The van der Waals surface area contributed by atoms with Crippen LogP contribution in [0, 0.1) is 0 Å². The Morgan fingerprint density at radius 2 is 2.05 bits per heavy atom. The number of carbonyl (C=O) groups excluding carboxylic acids is 1. The summed E-state index contributed by atoms with van der Waals surface area (Å²) in [5, 5.41) is 3.83. The van der Waals surface area contributed by atoms with Gasteiger partial charge in [-0.1, -0.05) is 24.4 Å². The molecule has 0 amide bonds. The third-order valence-corrected chi connectivity index (χ3v) is 4.06. The summed E-state index contributed by atoms with van der Waals surface area (Å²) in [5.74, 6) is -0.425. The minimum absolute atomic E-state index is 0.209. The van der Waals surface area contributed by atoms with Gasteiger partial charge >= 0.3 is 5.97 Å². The van der Waals surface area contributed by atoms with Crippen molar-refractivity contribution in [1.82, 2.24) is 0 Å². The maximum atomic E-state index is 11.6. The van der Waals surface area contributed by atoms with Crippen LogP contribution in [0.3, 0.4) is 0 Å². The van der Waals surface area contributed by atoms with Crippen molar-refractivity contribution in [2.75, 3.05) is 19.5 Å². The average molecular weight is 298 g/mol. The number of halogens is 1. The summed E-state index contributed by atoms with van der Waals surface area (Å²) >= 11 is 6.02. The molecule has 0 bridgehead atoms. The highest BCUT2D eigenvalue weighted by atomic mass is 35.5. The van der Waals surface area contributed by atoms with Gasteiger partial charge in [0.05, 0.1) is 29.8 Å².